The van der Waals surface area contributed by atoms with E-state index < -0.39 is 0 Å². The van der Waals surface area contributed by atoms with Gasteiger partial charge >= 0.3 is 26.2 Å². The Labute approximate surface area is 100 Å². The van der Waals surface area contributed by atoms with Gasteiger partial charge in [-0.05, 0) is 0 Å². The third-order valence-corrected chi connectivity index (χ3v) is 2.30. The number of benzene rings is 1. The second-order valence-corrected chi connectivity index (χ2v) is 3.11. The van der Waals surface area contributed by atoms with E-state index >= 15 is 0 Å². The minimum Gasteiger partial charge on any atom is -0.358 e. The van der Waals surface area contributed by atoms with E-state index in [1.807, 2.05) is 0 Å². The Kier molecular flexibility index (Phi) is 4.85. The first-order valence-electron chi connectivity index (χ1n) is 3.98. The first kappa shape index (κ1) is 12.8. The molecule has 2 rings (SSSR count). The summed E-state index contributed by atoms with van der Waals surface area (Å²) in [7, 11) is 0. The Balaban J connectivity index is 0.000000720. The van der Waals surface area contributed by atoms with E-state index in [0.29, 0.717) is 5.92 Å². The first-order valence-corrected chi connectivity index (χ1v) is 3.98. The molecule has 1 aromatic rings. The topological polar surface area (TPSA) is 0 Å². The molecule has 0 saturated heterocycles. The van der Waals surface area contributed by atoms with Gasteiger partial charge in [-0.1, -0.05) is 38.0 Å². The Morgan fingerprint density at radius 2 is 2.00 bits per heavy atom. The van der Waals surface area contributed by atoms with E-state index in [0.717, 1.165) is 0 Å². The predicted molar refractivity (Wildman–Crippen MR) is 53.7 cm³/mol. The zero-order valence-corrected chi connectivity index (χ0v) is 10.8. The number of fused-ring (bicyclic) bond motifs is 1. The van der Waals surface area contributed by atoms with Crippen LogP contribution in [0.1, 0.15) is 29.5 Å². The number of hydrogen-bond acceptors (Lipinski definition) is 0. The number of rotatable bonds is 0. The maximum Gasteiger partial charge on any atom is 2.00 e. The van der Waals surface area contributed by atoms with Crippen molar-refractivity contribution in [2.75, 3.05) is 0 Å². The minimum absolute atomic E-state index is 0. The Morgan fingerprint density at radius 1 is 1.31 bits per heavy atom. The average Bonchev–Trinajstić information content (AvgIpc) is 2.35. The molecule has 0 heterocycles. The molecule has 0 fully saturated rings. The van der Waals surface area contributed by atoms with Gasteiger partial charge < -0.3 is 7.43 Å². The summed E-state index contributed by atoms with van der Waals surface area (Å²) in [5.41, 5.74) is 4.16. The summed E-state index contributed by atoms with van der Waals surface area (Å²) in [6.07, 6.45) is 5.41. The average molecular weight is 249 g/mol. The molecular formula is C12H14Zr. The monoisotopic (exact) mass is 248 g/mol. The Hall–Kier alpha value is -0.157. The molecule has 66 valence electrons. The van der Waals surface area contributed by atoms with E-state index in [1.165, 1.54) is 16.7 Å². The molecule has 0 spiro atoms. The van der Waals surface area contributed by atoms with Crippen molar-refractivity contribution in [3.05, 3.63) is 48.4 Å². The summed E-state index contributed by atoms with van der Waals surface area (Å²) in [5.74, 6) is 0.491. The Morgan fingerprint density at radius 3 is 2.62 bits per heavy atom. The van der Waals surface area contributed by atoms with Crippen LogP contribution < -0.4 is 0 Å². The van der Waals surface area contributed by atoms with Crippen LogP contribution in [0, 0.1) is 20.4 Å². The summed E-state index contributed by atoms with van der Waals surface area (Å²) in [6.45, 7) is 4.33. The van der Waals surface area contributed by atoms with Crippen LogP contribution in [0.2, 0.25) is 0 Å². The van der Waals surface area contributed by atoms with Gasteiger partial charge in [-0.15, -0.1) is 11.1 Å². The molecule has 0 aromatic heterocycles. The van der Waals surface area contributed by atoms with Crippen LogP contribution in [-0.2, 0) is 26.2 Å². The largest absolute Gasteiger partial charge is 2.00 e. The minimum atomic E-state index is 0. The Bertz CT molecular complexity index is 313. The van der Waals surface area contributed by atoms with Crippen LogP contribution in [0.4, 0.5) is 0 Å². The number of hydrogen-bond donors (Lipinski definition) is 0. The maximum absolute atomic E-state index is 3.30. The molecule has 1 aliphatic rings. The summed E-state index contributed by atoms with van der Waals surface area (Å²) in [4.78, 5) is 0. The summed E-state index contributed by atoms with van der Waals surface area (Å²) in [5, 5.41) is 0. The van der Waals surface area contributed by atoms with Crippen LogP contribution >= 0.6 is 0 Å². The van der Waals surface area contributed by atoms with Gasteiger partial charge in [-0.3, -0.25) is 6.08 Å². The van der Waals surface area contributed by atoms with Crippen molar-refractivity contribution in [2.45, 2.75) is 19.8 Å². The van der Waals surface area contributed by atoms with Crippen molar-refractivity contribution < 1.29 is 26.2 Å². The van der Waals surface area contributed by atoms with E-state index in [2.05, 4.69) is 44.2 Å². The second-order valence-electron chi connectivity index (χ2n) is 3.11. The molecule has 1 aliphatic carbocycles. The standard InChI is InChI=1S/C11H11.CH3.Zr/c1-8-4-3-5-10-9(2)6-7-11(8)10;;/h3-5,7,9H,1-2H3;1H3;/q2*-1;+2. The fraction of sp³-hybridized carbons (Fsp3) is 0.250. The van der Waals surface area contributed by atoms with Crippen molar-refractivity contribution in [2.24, 2.45) is 0 Å². The molecular weight excluding hydrogens is 235 g/mol. The zero-order chi connectivity index (χ0) is 7.84. The van der Waals surface area contributed by atoms with Crippen molar-refractivity contribution in [1.82, 2.24) is 0 Å². The molecule has 0 amide bonds. The third-order valence-electron chi connectivity index (χ3n) is 2.30. The molecule has 0 bridgehead atoms. The molecule has 1 unspecified atom stereocenters. The van der Waals surface area contributed by atoms with Crippen molar-refractivity contribution in [1.29, 1.82) is 0 Å². The quantitative estimate of drug-likeness (QED) is 0.618. The SMILES string of the molecule is Cc1cccc2c1C=[C-]C2C.[CH3-].[Zr+2]. The maximum atomic E-state index is 3.30. The molecule has 1 aromatic carbocycles. The van der Waals surface area contributed by atoms with Crippen molar-refractivity contribution >= 4 is 6.08 Å². The normalized spacial score (nSPS) is 17.2. The molecule has 1 atom stereocenters. The smallest absolute Gasteiger partial charge is 0.358 e. The molecule has 0 nitrogen and oxygen atoms in total. The first-order chi connectivity index (χ1) is 5.29. The predicted octanol–water partition coefficient (Wildman–Crippen LogP) is 3.38. The van der Waals surface area contributed by atoms with Crippen LogP contribution in [0.15, 0.2) is 18.2 Å². The molecule has 1 heteroatoms. The second kappa shape index (κ2) is 4.91. The third kappa shape index (κ3) is 2.20. The molecule has 0 saturated carbocycles. The molecule has 0 radical (unpaired) electrons. The van der Waals surface area contributed by atoms with Gasteiger partial charge in [0.1, 0.15) is 0 Å². The van der Waals surface area contributed by atoms with Crippen LogP contribution in [-0.4, -0.2) is 0 Å². The van der Waals surface area contributed by atoms with Gasteiger partial charge in [0.25, 0.3) is 0 Å². The number of aryl methyl sites for hydroxylation is 1. The molecule has 13 heavy (non-hydrogen) atoms. The van der Waals surface area contributed by atoms with E-state index in [-0.39, 0.29) is 33.6 Å². The molecule has 0 aliphatic heterocycles. The fourth-order valence-corrected chi connectivity index (χ4v) is 1.58. The zero-order valence-electron chi connectivity index (χ0n) is 8.39. The van der Waals surface area contributed by atoms with Gasteiger partial charge in [-0.2, -0.15) is 5.56 Å². The van der Waals surface area contributed by atoms with Crippen LogP contribution in [0.3, 0.4) is 0 Å². The van der Waals surface area contributed by atoms with E-state index in [9.17, 15) is 0 Å². The van der Waals surface area contributed by atoms with Gasteiger partial charge in [0.2, 0.25) is 0 Å². The van der Waals surface area contributed by atoms with Crippen molar-refractivity contribution in [3.63, 3.8) is 0 Å². The van der Waals surface area contributed by atoms with E-state index in [1.54, 1.807) is 0 Å². The fourth-order valence-electron chi connectivity index (χ4n) is 1.58. The summed E-state index contributed by atoms with van der Waals surface area (Å²) in [6, 6.07) is 6.45. The van der Waals surface area contributed by atoms with Gasteiger partial charge in [0, 0.05) is 0 Å². The van der Waals surface area contributed by atoms with Gasteiger partial charge in [0.05, 0.1) is 0 Å². The van der Waals surface area contributed by atoms with Crippen LogP contribution in [0.5, 0.6) is 0 Å². The summed E-state index contributed by atoms with van der Waals surface area (Å²) >= 11 is 0. The number of allylic oxidation sites excluding steroid dienone is 1. The van der Waals surface area contributed by atoms with Crippen LogP contribution in [0.25, 0.3) is 6.08 Å². The van der Waals surface area contributed by atoms with Gasteiger partial charge in [0.15, 0.2) is 0 Å². The van der Waals surface area contributed by atoms with E-state index in [4.69, 9.17) is 0 Å². The van der Waals surface area contributed by atoms with Crippen molar-refractivity contribution in [3.8, 4) is 0 Å². The summed E-state index contributed by atoms with van der Waals surface area (Å²) < 4.78 is 0. The van der Waals surface area contributed by atoms with Gasteiger partial charge in [-0.25, -0.2) is 6.08 Å². The molecule has 0 N–H and O–H groups in total.